The molecule has 2 heterocycles. The van der Waals surface area contributed by atoms with Crippen LogP contribution in [0, 0.1) is 17.8 Å². The van der Waals surface area contributed by atoms with Gasteiger partial charge in [0, 0.05) is 53.5 Å². The molecule has 0 saturated carbocycles. The highest BCUT2D eigenvalue weighted by Crippen LogP contribution is 2.19. The summed E-state index contributed by atoms with van der Waals surface area (Å²) in [6, 6.07) is 0. The predicted molar refractivity (Wildman–Crippen MR) is 121 cm³/mol. The molecule has 0 radical (unpaired) electrons. The molecule has 0 unspecified atom stereocenters. The minimum absolute atomic E-state index is 0. The van der Waals surface area contributed by atoms with Gasteiger partial charge in [0.15, 0.2) is 0 Å². The molecule has 0 bridgehead atoms. The van der Waals surface area contributed by atoms with E-state index in [2.05, 4.69) is 31.9 Å². The molecule has 2 rings (SSSR count). The van der Waals surface area contributed by atoms with E-state index in [9.17, 15) is 9.59 Å². The van der Waals surface area contributed by atoms with Crippen LogP contribution in [0.1, 0.15) is 41.0 Å². The van der Waals surface area contributed by atoms with Gasteiger partial charge < -0.3 is 15.0 Å². The maximum atomic E-state index is 11.6. The molecule has 0 atom stereocenters. The summed E-state index contributed by atoms with van der Waals surface area (Å²) < 4.78 is 5.50. The summed E-state index contributed by atoms with van der Waals surface area (Å²) in [6.07, 6.45) is 3.87. The van der Waals surface area contributed by atoms with E-state index in [0.29, 0.717) is 31.9 Å². The second kappa shape index (κ2) is 14.5. The Labute approximate surface area is 184 Å². The third-order valence-electron chi connectivity index (χ3n) is 5.94. The SMILES string of the molecule is CCC#CCNC(=O)COCCN1CCN(CC2CCN(CC(=O)CC)CC2)CC1.[HH]. The number of ether oxygens (including phenoxy) is 1. The summed E-state index contributed by atoms with van der Waals surface area (Å²) in [7, 11) is 0. The van der Waals surface area contributed by atoms with Gasteiger partial charge in [0.2, 0.25) is 5.91 Å². The summed E-state index contributed by atoms with van der Waals surface area (Å²) in [5, 5.41) is 2.74. The first-order chi connectivity index (χ1) is 14.6. The van der Waals surface area contributed by atoms with Crippen molar-refractivity contribution in [1.29, 1.82) is 0 Å². The lowest BCUT2D eigenvalue weighted by molar-refractivity contribution is -0.125. The fourth-order valence-electron chi connectivity index (χ4n) is 3.99. The Kier molecular flexibility index (Phi) is 12.0. The van der Waals surface area contributed by atoms with Gasteiger partial charge in [-0.25, -0.2) is 0 Å². The molecule has 2 saturated heterocycles. The van der Waals surface area contributed by atoms with E-state index in [4.69, 9.17) is 4.74 Å². The Hall–Kier alpha value is -1.46. The number of hydrogen-bond donors (Lipinski definition) is 1. The molecule has 7 nitrogen and oxygen atoms in total. The number of hydrogen-bond acceptors (Lipinski definition) is 6. The Balaban J connectivity index is 0.00000480. The van der Waals surface area contributed by atoms with Crippen LogP contribution in [0.25, 0.3) is 0 Å². The monoisotopic (exact) mass is 422 g/mol. The first-order valence-corrected chi connectivity index (χ1v) is 11.6. The molecule has 1 amide bonds. The highest BCUT2D eigenvalue weighted by Gasteiger charge is 2.24. The maximum absolute atomic E-state index is 11.6. The van der Waals surface area contributed by atoms with E-state index in [0.717, 1.165) is 58.2 Å². The standard InChI is InChI=1S/C23H40N4O3.H2/c1-3-5-6-9-24-23(29)20-30-17-16-25-12-14-27(15-13-25)18-21-7-10-26(11-8-21)19-22(28)4-2;/h21H,3-4,7-20H2,1-2H3,(H,24,29);1H. The Morgan fingerprint density at radius 1 is 1.00 bits per heavy atom. The lowest BCUT2D eigenvalue weighted by atomic mass is 9.95. The average molecular weight is 423 g/mol. The molecule has 2 fully saturated rings. The van der Waals surface area contributed by atoms with Crippen molar-refractivity contribution < 1.29 is 15.8 Å². The number of piperazine rings is 1. The molecule has 0 aromatic heterocycles. The smallest absolute Gasteiger partial charge is 0.246 e. The molecule has 2 aliphatic rings. The summed E-state index contributed by atoms with van der Waals surface area (Å²) in [6.45, 7) is 14.2. The zero-order valence-electron chi connectivity index (χ0n) is 19.0. The Bertz CT molecular complexity index is 577. The second-order valence-electron chi connectivity index (χ2n) is 8.29. The molecule has 0 aliphatic carbocycles. The first kappa shape index (κ1) is 24.8. The van der Waals surface area contributed by atoms with Crippen LogP contribution in [-0.2, 0) is 14.3 Å². The number of piperidine rings is 1. The number of nitrogens with zero attached hydrogens (tertiary/aromatic N) is 3. The fraction of sp³-hybridized carbons (Fsp3) is 0.826. The van der Waals surface area contributed by atoms with Crippen molar-refractivity contribution in [3.63, 3.8) is 0 Å². The van der Waals surface area contributed by atoms with Gasteiger partial charge in [0.05, 0.1) is 19.7 Å². The topological polar surface area (TPSA) is 65.1 Å². The van der Waals surface area contributed by atoms with Gasteiger partial charge in [0.25, 0.3) is 0 Å². The van der Waals surface area contributed by atoms with Crippen LogP contribution in [-0.4, -0.2) is 105 Å². The van der Waals surface area contributed by atoms with E-state index < -0.39 is 0 Å². The zero-order chi connectivity index (χ0) is 21.6. The van der Waals surface area contributed by atoms with Crippen molar-refractivity contribution >= 4 is 11.7 Å². The van der Waals surface area contributed by atoms with E-state index in [1.165, 1.54) is 19.4 Å². The lowest BCUT2D eigenvalue weighted by Crippen LogP contribution is -2.49. The van der Waals surface area contributed by atoms with Gasteiger partial charge in [-0.15, -0.1) is 5.92 Å². The van der Waals surface area contributed by atoms with Crippen molar-refractivity contribution in [3.8, 4) is 11.8 Å². The Morgan fingerprint density at radius 2 is 1.70 bits per heavy atom. The number of ketones is 1. The van der Waals surface area contributed by atoms with Gasteiger partial charge in [-0.3, -0.25) is 19.4 Å². The first-order valence-electron chi connectivity index (χ1n) is 11.6. The largest absolute Gasteiger partial charge is 0.370 e. The minimum atomic E-state index is -0.102. The quantitative estimate of drug-likeness (QED) is 0.397. The van der Waals surface area contributed by atoms with Crippen LogP contribution in [0.2, 0.25) is 0 Å². The van der Waals surface area contributed by atoms with Crippen molar-refractivity contribution in [3.05, 3.63) is 0 Å². The van der Waals surface area contributed by atoms with Crippen LogP contribution in [0.5, 0.6) is 0 Å². The molecule has 172 valence electrons. The second-order valence-corrected chi connectivity index (χ2v) is 8.29. The fourth-order valence-corrected chi connectivity index (χ4v) is 3.99. The van der Waals surface area contributed by atoms with Crippen molar-refractivity contribution in [1.82, 2.24) is 20.0 Å². The lowest BCUT2D eigenvalue weighted by Gasteiger charge is -2.38. The van der Waals surface area contributed by atoms with Gasteiger partial charge in [-0.1, -0.05) is 19.8 Å². The number of rotatable bonds is 11. The molecule has 30 heavy (non-hydrogen) atoms. The number of carbonyl (C=O) groups is 2. The van der Waals surface area contributed by atoms with Gasteiger partial charge in [-0.05, 0) is 31.8 Å². The van der Waals surface area contributed by atoms with Gasteiger partial charge in [-0.2, -0.15) is 0 Å². The summed E-state index contributed by atoms with van der Waals surface area (Å²) in [4.78, 5) is 30.6. The number of Topliss-reactive ketones (excluding diaryl/α,β-unsaturated/α-hetero) is 1. The minimum Gasteiger partial charge on any atom is -0.370 e. The van der Waals surface area contributed by atoms with E-state index in [1.807, 2.05) is 13.8 Å². The summed E-state index contributed by atoms with van der Waals surface area (Å²) in [5.74, 6) is 6.82. The highest BCUT2D eigenvalue weighted by molar-refractivity contribution is 5.80. The molecule has 7 heteroatoms. The van der Waals surface area contributed by atoms with Crippen molar-refractivity contribution in [2.75, 3.05) is 78.7 Å². The number of carbonyl (C=O) groups excluding carboxylic acids is 2. The highest BCUT2D eigenvalue weighted by atomic mass is 16.5. The van der Waals surface area contributed by atoms with Crippen LogP contribution in [0.15, 0.2) is 0 Å². The van der Waals surface area contributed by atoms with Crippen molar-refractivity contribution in [2.45, 2.75) is 39.5 Å². The summed E-state index contributed by atoms with van der Waals surface area (Å²) in [5.41, 5.74) is 0. The molecule has 0 aromatic rings. The molecular formula is C23H42N4O3. The van der Waals surface area contributed by atoms with Crippen LogP contribution in [0.3, 0.4) is 0 Å². The summed E-state index contributed by atoms with van der Waals surface area (Å²) >= 11 is 0. The van der Waals surface area contributed by atoms with Crippen LogP contribution in [0.4, 0.5) is 0 Å². The van der Waals surface area contributed by atoms with E-state index in [-0.39, 0.29) is 13.9 Å². The van der Waals surface area contributed by atoms with Gasteiger partial charge >= 0.3 is 0 Å². The van der Waals surface area contributed by atoms with Crippen molar-refractivity contribution in [2.24, 2.45) is 5.92 Å². The average Bonchev–Trinajstić information content (AvgIpc) is 2.76. The molecule has 0 aromatic carbocycles. The third-order valence-corrected chi connectivity index (χ3v) is 5.94. The normalized spacial score (nSPS) is 19.3. The number of nitrogens with one attached hydrogen (secondary N) is 1. The van der Waals surface area contributed by atoms with E-state index >= 15 is 0 Å². The van der Waals surface area contributed by atoms with Crippen LogP contribution < -0.4 is 5.32 Å². The maximum Gasteiger partial charge on any atom is 0.246 e. The molecule has 0 spiro atoms. The molecule has 2 aliphatic heterocycles. The molecular weight excluding hydrogens is 380 g/mol. The Morgan fingerprint density at radius 3 is 2.37 bits per heavy atom. The predicted octanol–water partition coefficient (Wildman–Crippen LogP) is 1.09. The third kappa shape index (κ3) is 10.0. The van der Waals surface area contributed by atoms with Crippen LogP contribution >= 0.6 is 0 Å². The molecule has 1 N–H and O–H groups in total. The zero-order valence-corrected chi connectivity index (χ0v) is 19.0. The van der Waals surface area contributed by atoms with Gasteiger partial charge in [0.1, 0.15) is 12.4 Å². The number of amides is 1. The van der Waals surface area contributed by atoms with E-state index in [1.54, 1.807) is 0 Å². The number of likely N-dealkylation sites (tertiary alicyclic amines) is 1.